The number of carbonyl (C=O) groups is 1. The zero-order chi connectivity index (χ0) is 12.3. The lowest BCUT2D eigenvalue weighted by Gasteiger charge is -2.30. The molecule has 0 unspecified atom stereocenters. The summed E-state index contributed by atoms with van der Waals surface area (Å²) in [7, 11) is 0. The first kappa shape index (κ1) is 12.8. The van der Waals surface area contributed by atoms with Crippen molar-refractivity contribution in [3.05, 3.63) is 0 Å². The number of nitrogens with two attached hydrogens (primary N) is 1. The normalized spacial score (nSPS) is 30.9. The van der Waals surface area contributed by atoms with Crippen molar-refractivity contribution in [3.63, 3.8) is 0 Å². The quantitative estimate of drug-likeness (QED) is 0.663. The van der Waals surface area contributed by atoms with Crippen LogP contribution in [0.3, 0.4) is 0 Å². The predicted molar refractivity (Wildman–Crippen MR) is 68.6 cm³/mol. The summed E-state index contributed by atoms with van der Waals surface area (Å²) in [6, 6.07) is 0.618. The van der Waals surface area contributed by atoms with E-state index >= 15 is 0 Å². The number of rotatable bonds is 5. The fourth-order valence-corrected chi connectivity index (χ4v) is 2.43. The summed E-state index contributed by atoms with van der Waals surface area (Å²) in [4.78, 5) is 11.5. The SMILES string of the molecule is C[C@H](N)C(=O)NC1CCC(NCC2CC2)CC1. The molecular formula is C13H25N3O. The Morgan fingerprint density at radius 3 is 2.29 bits per heavy atom. The fourth-order valence-electron chi connectivity index (χ4n) is 2.43. The molecule has 0 spiro atoms. The van der Waals surface area contributed by atoms with Crippen LogP contribution in [0.5, 0.6) is 0 Å². The number of amides is 1. The van der Waals surface area contributed by atoms with Gasteiger partial charge in [-0.1, -0.05) is 0 Å². The molecule has 2 fully saturated rings. The van der Waals surface area contributed by atoms with Crippen molar-refractivity contribution >= 4 is 5.91 Å². The first-order chi connectivity index (χ1) is 8.15. The molecule has 0 aromatic carbocycles. The van der Waals surface area contributed by atoms with E-state index in [0.29, 0.717) is 12.1 Å². The molecule has 0 bridgehead atoms. The van der Waals surface area contributed by atoms with Gasteiger partial charge in [-0.2, -0.15) is 0 Å². The number of hydrogen-bond acceptors (Lipinski definition) is 3. The Bertz CT molecular complexity index is 255. The molecule has 2 aliphatic carbocycles. The molecule has 0 radical (unpaired) electrons. The fraction of sp³-hybridized carbons (Fsp3) is 0.923. The van der Waals surface area contributed by atoms with E-state index in [1.165, 1.54) is 32.2 Å². The van der Waals surface area contributed by atoms with Crippen LogP contribution in [0.4, 0.5) is 0 Å². The van der Waals surface area contributed by atoms with Crippen molar-refractivity contribution in [1.29, 1.82) is 0 Å². The van der Waals surface area contributed by atoms with E-state index in [4.69, 9.17) is 5.73 Å². The Hall–Kier alpha value is -0.610. The van der Waals surface area contributed by atoms with E-state index in [1.807, 2.05) is 0 Å². The van der Waals surface area contributed by atoms with E-state index in [1.54, 1.807) is 6.92 Å². The lowest BCUT2D eigenvalue weighted by molar-refractivity contribution is -0.122. The molecule has 2 aliphatic rings. The zero-order valence-corrected chi connectivity index (χ0v) is 10.7. The van der Waals surface area contributed by atoms with Crippen LogP contribution in [0.15, 0.2) is 0 Å². The molecule has 0 aromatic heterocycles. The topological polar surface area (TPSA) is 67.2 Å². The van der Waals surface area contributed by atoms with Gasteiger partial charge in [0.1, 0.15) is 0 Å². The van der Waals surface area contributed by atoms with Gasteiger partial charge in [-0.25, -0.2) is 0 Å². The van der Waals surface area contributed by atoms with Crippen LogP contribution in [0.2, 0.25) is 0 Å². The van der Waals surface area contributed by atoms with E-state index in [0.717, 1.165) is 18.8 Å². The van der Waals surface area contributed by atoms with Gasteiger partial charge in [0.25, 0.3) is 0 Å². The summed E-state index contributed by atoms with van der Waals surface area (Å²) >= 11 is 0. The second-order valence-electron chi connectivity index (χ2n) is 5.70. The van der Waals surface area contributed by atoms with Crippen molar-refractivity contribution in [3.8, 4) is 0 Å². The predicted octanol–water partition coefficient (Wildman–Crippen LogP) is 0.761. The number of hydrogen-bond donors (Lipinski definition) is 3. The van der Waals surface area contributed by atoms with Crippen LogP contribution in [-0.4, -0.2) is 30.6 Å². The molecule has 1 atom stereocenters. The number of carbonyl (C=O) groups excluding carboxylic acids is 1. The maximum absolute atomic E-state index is 11.5. The molecule has 0 saturated heterocycles. The van der Waals surface area contributed by atoms with E-state index in [-0.39, 0.29) is 11.9 Å². The average Bonchev–Trinajstić information content (AvgIpc) is 3.12. The van der Waals surface area contributed by atoms with Crippen LogP contribution in [0.1, 0.15) is 45.4 Å². The number of nitrogens with one attached hydrogen (secondary N) is 2. The molecular weight excluding hydrogens is 214 g/mol. The van der Waals surface area contributed by atoms with Gasteiger partial charge in [0.2, 0.25) is 5.91 Å². The van der Waals surface area contributed by atoms with Crippen LogP contribution in [0.25, 0.3) is 0 Å². The highest BCUT2D eigenvalue weighted by atomic mass is 16.2. The lowest BCUT2D eigenvalue weighted by Crippen LogP contribution is -2.47. The molecule has 4 heteroatoms. The largest absolute Gasteiger partial charge is 0.352 e. The molecule has 2 saturated carbocycles. The molecule has 98 valence electrons. The molecule has 0 heterocycles. The highest BCUT2D eigenvalue weighted by molar-refractivity contribution is 5.81. The lowest BCUT2D eigenvalue weighted by atomic mass is 9.91. The van der Waals surface area contributed by atoms with E-state index in [2.05, 4.69) is 10.6 Å². The second kappa shape index (κ2) is 5.83. The molecule has 2 rings (SSSR count). The average molecular weight is 239 g/mol. The van der Waals surface area contributed by atoms with Gasteiger partial charge in [-0.05, 0) is 57.9 Å². The van der Waals surface area contributed by atoms with Crippen LogP contribution in [0, 0.1) is 5.92 Å². The molecule has 4 nitrogen and oxygen atoms in total. The summed E-state index contributed by atoms with van der Waals surface area (Å²) in [6.07, 6.45) is 7.34. The summed E-state index contributed by atoms with van der Waals surface area (Å²) in [5.41, 5.74) is 5.54. The maximum Gasteiger partial charge on any atom is 0.236 e. The monoisotopic (exact) mass is 239 g/mol. The Kier molecular flexibility index (Phi) is 4.40. The Labute approximate surface area is 104 Å². The third-order valence-electron chi connectivity index (χ3n) is 3.88. The highest BCUT2D eigenvalue weighted by Gasteiger charge is 2.25. The van der Waals surface area contributed by atoms with Crippen molar-refractivity contribution in [2.24, 2.45) is 11.7 Å². The van der Waals surface area contributed by atoms with Crippen molar-refractivity contribution in [2.45, 2.75) is 63.6 Å². The van der Waals surface area contributed by atoms with E-state index in [9.17, 15) is 4.79 Å². The van der Waals surface area contributed by atoms with Gasteiger partial charge in [-0.15, -0.1) is 0 Å². The summed E-state index contributed by atoms with van der Waals surface area (Å²) in [5, 5.41) is 6.67. The molecule has 17 heavy (non-hydrogen) atoms. The Morgan fingerprint density at radius 2 is 1.76 bits per heavy atom. The van der Waals surface area contributed by atoms with Crippen molar-refractivity contribution in [2.75, 3.05) is 6.54 Å². The molecule has 0 aliphatic heterocycles. The van der Waals surface area contributed by atoms with Crippen LogP contribution in [-0.2, 0) is 4.79 Å². The zero-order valence-electron chi connectivity index (χ0n) is 10.7. The minimum atomic E-state index is -0.388. The first-order valence-electron chi connectivity index (χ1n) is 6.94. The third-order valence-corrected chi connectivity index (χ3v) is 3.88. The third kappa shape index (κ3) is 4.28. The van der Waals surface area contributed by atoms with Gasteiger partial charge in [0, 0.05) is 12.1 Å². The van der Waals surface area contributed by atoms with Crippen molar-refractivity contribution in [1.82, 2.24) is 10.6 Å². The first-order valence-corrected chi connectivity index (χ1v) is 6.94. The summed E-state index contributed by atoms with van der Waals surface area (Å²) in [5.74, 6) is 0.935. The summed E-state index contributed by atoms with van der Waals surface area (Å²) in [6.45, 7) is 2.93. The van der Waals surface area contributed by atoms with E-state index < -0.39 is 0 Å². The van der Waals surface area contributed by atoms with Crippen LogP contribution < -0.4 is 16.4 Å². The minimum absolute atomic E-state index is 0.0145. The maximum atomic E-state index is 11.5. The standard InChI is InChI=1S/C13H25N3O/c1-9(14)13(17)16-12-6-4-11(5-7-12)15-8-10-2-3-10/h9-12,15H,2-8,14H2,1H3,(H,16,17)/t9-,11?,12?/m0/s1. The van der Waals surface area contributed by atoms with Gasteiger partial charge in [0.05, 0.1) is 6.04 Å². The van der Waals surface area contributed by atoms with Gasteiger partial charge >= 0.3 is 0 Å². The molecule has 1 amide bonds. The van der Waals surface area contributed by atoms with Crippen molar-refractivity contribution < 1.29 is 4.79 Å². The van der Waals surface area contributed by atoms with Gasteiger partial charge < -0.3 is 16.4 Å². The Balaban J connectivity index is 1.61. The van der Waals surface area contributed by atoms with Crippen LogP contribution >= 0.6 is 0 Å². The smallest absolute Gasteiger partial charge is 0.236 e. The molecule has 0 aromatic rings. The summed E-state index contributed by atoms with van der Waals surface area (Å²) < 4.78 is 0. The highest BCUT2D eigenvalue weighted by Crippen LogP contribution is 2.28. The second-order valence-corrected chi connectivity index (χ2v) is 5.70. The minimum Gasteiger partial charge on any atom is -0.352 e. The van der Waals surface area contributed by atoms with Gasteiger partial charge in [-0.3, -0.25) is 4.79 Å². The van der Waals surface area contributed by atoms with Gasteiger partial charge in [0.15, 0.2) is 0 Å². The Morgan fingerprint density at radius 1 is 1.18 bits per heavy atom. The molecule has 4 N–H and O–H groups in total.